The third kappa shape index (κ3) is 2.82. The second-order valence-electron chi connectivity index (χ2n) is 5.87. The van der Waals surface area contributed by atoms with Crippen molar-refractivity contribution in [3.63, 3.8) is 0 Å². The predicted octanol–water partition coefficient (Wildman–Crippen LogP) is 1.17. The van der Waals surface area contributed by atoms with Crippen molar-refractivity contribution in [1.29, 1.82) is 5.26 Å². The fraction of sp³-hybridized carbons (Fsp3) is 0.533. The third-order valence-corrected chi connectivity index (χ3v) is 5.81. The SMILES string of the molecule is CS(=O)(=O)N1CC[C@@H]2[C@@H]1CCN2Cc1cccc(C#N)c1. The summed E-state index contributed by atoms with van der Waals surface area (Å²) in [4.78, 5) is 2.35. The summed E-state index contributed by atoms with van der Waals surface area (Å²) in [6.07, 6.45) is 3.10. The molecule has 0 spiro atoms. The van der Waals surface area contributed by atoms with Crippen molar-refractivity contribution in [3.05, 3.63) is 35.4 Å². The van der Waals surface area contributed by atoms with Crippen LogP contribution in [-0.4, -0.2) is 49.1 Å². The van der Waals surface area contributed by atoms with Gasteiger partial charge in [-0.15, -0.1) is 0 Å². The molecule has 1 aromatic carbocycles. The molecule has 21 heavy (non-hydrogen) atoms. The molecule has 0 radical (unpaired) electrons. The third-order valence-electron chi connectivity index (χ3n) is 4.51. The number of hydrogen-bond acceptors (Lipinski definition) is 4. The van der Waals surface area contributed by atoms with Gasteiger partial charge in [-0.05, 0) is 30.5 Å². The van der Waals surface area contributed by atoms with Gasteiger partial charge in [-0.3, -0.25) is 4.90 Å². The van der Waals surface area contributed by atoms with Gasteiger partial charge in [-0.25, -0.2) is 8.42 Å². The average molecular weight is 305 g/mol. The molecule has 0 amide bonds. The Morgan fingerprint density at radius 2 is 2.05 bits per heavy atom. The number of fused-ring (bicyclic) bond motifs is 1. The van der Waals surface area contributed by atoms with Gasteiger partial charge in [0, 0.05) is 31.7 Å². The molecule has 6 heteroatoms. The van der Waals surface area contributed by atoms with Crippen molar-refractivity contribution in [3.8, 4) is 6.07 Å². The highest BCUT2D eigenvalue weighted by molar-refractivity contribution is 7.88. The summed E-state index contributed by atoms with van der Waals surface area (Å²) in [6, 6.07) is 10.2. The van der Waals surface area contributed by atoms with Crippen molar-refractivity contribution < 1.29 is 8.42 Å². The largest absolute Gasteiger partial charge is 0.294 e. The van der Waals surface area contributed by atoms with Crippen molar-refractivity contribution in [1.82, 2.24) is 9.21 Å². The lowest BCUT2D eigenvalue weighted by molar-refractivity contribution is 0.240. The first-order valence-corrected chi connectivity index (χ1v) is 9.04. The Kier molecular flexibility index (Phi) is 3.74. The van der Waals surface area contributed by atoms with E-state index in [1.165, 1.54) is 6.26 Å². The van der Waals surface area contributed by atoms with Gasteiger partial charge in [0.05, 0.1) is 17.9 Å². The van der Waals surface area contributed by atoms with Gasteiger partial charge in [-0.1, -0.05) is 12.1 Å². The minimum Gasteiger partial charge on any atom is -0.294 e. The van der Waals surface area contributed by atoms with E-state index in [-0.39, 0.29) is 6.04 Å². The maximum absolute atomic E-state index is 11.8. The van der Waals surface area contributed by atoms with E-state index in [2.05, 4.69) is 11.0 Å². The molecular formula is C15H19N3O2S. The molecule has 0 bridgehead atoms. The summed E-state index contributed by atoms with van der Waals surface area (Å²) in [6.45, 7) is 2.33. The number of nitriles is 1. The van der Waals surface area contributed by atoms with Crippen LogP contribution in [0, 0.1) is 11.3 Å². The molecule has 3 rings (SSSR count). The van der Waals surface area contributed by atoms with Crippen LogP contribution in [0.2, 0.25) is 0 Å². The fourth-order valence-corrected chi connectivity index (χ4v) is 4.79. The average Bonchev–Trinajstić information content (AvgIpc) is 3.01. The molecule has 2 fully saturated rings. The van der Waals surface area contributed by atoms with E-state index in [9.17, 15) is 8.42 Å². The van der Waals surface area contributed by atoms with E-state index < -0.39 is 10.0 Å². The molecule has 0 unspecified atom stereocenters. The van der Waals surface area contributed by atoms with Crippen LogP contribution < -0.4 is 0 Å². The first-order chi connectivity index (χ1) is 9.99. The Hall–Kier alpha value is -1.42. The smallest absolute Gasteiger partial charge is 0.211 e. The lowest BCUT2D eigenvalue weighted by Crippen LogP contribution is -2.38. The molecule has 5 nitrogen and oxygen atoms in total. The number of benzene rings is 1. The van der Waals surface area contributed by atoms with Crippen LogP contribution in [0.15, 0.2) is 24.3 Å². The van der Waals surface area contributed by atoms with Gasteiger partial charge in [-0.2, -0.15) is 9.57 Å². The quantitative estimate of drug-likeness (QED) is 0.841. The molecular weight excluding hydrogens is 286 g/mol. The van der Waals surface area contributed by atoms with Gasteiger partial charge in [0.1, 0.15) is 0 Å². The zero-order valence-corrected chi connectivity index (χ0v) is 12.9. The zero-order valence-electron chi connectivity index (χ0n) is 12.1. The second kappa shape index (κ2) is 5.41. The Labute approximate surface area is 125 Å². The fourth-order valence-electron chi connectivity index (χ4n) is 3.62. The highest BCUT2D eigenvalue weighted by atomic mass is 32.2. The van der Waals surface area contributed by atoms with E-state index in [4.69, 9.17) is 5.26 Å². The molecule has 112 valence electrons. The maximum atomic E-state index is 11.8. The molecule has 0 N–H and O–H groups in total. The predicted molar refractivity (Wildman–Crippen MR) is 79.9 cm³/mol. The summed E-state index contributed by atoms with van der Waals surface area (Å²) in [7, 11) is -3.10. The van der Waals surface area contributed by atoms with E-state index in [1.54, 1.807) is 10.4 Å². The van der Waals surface area contributed by atoms with E-state index in [0.29, 0.717) is 18.2 Å². The monoisotopic (exact) mass is 305 g/mol. The summed E-state index contributed by atoms with van der Waals surface area (Å²) < 4.78 is 25.2. The molecule has 2 aliphatic heterocycles. The van der Waals surface area contributed by atoms with Crippen molar-refractivity contribution in [2.45, 2.75) is 31.5 Å². The molecule has 2 heterocycles. The summed E-state index contributed by atoms with van der Waals surface area (Å²) in [5.41, 5.74) is 1.79. The Morgan fingerprint density at radius 1 is 1.29 bits per heavy atom. The number of likely N-dealkylation sites (tertiary alicyclic amines) is 1. The Morgan fingerprint density at radius 3 is 2.76 bits per heavy atom. The second-order valence-corrected chi connectivity index (χ2v) is 7.80. The van der Waals surface area contributed by atoms with Gasteiger partial charge in [0.15, 0.2) is 0 Å². The number of sulfonamides is 1. The van der Waals surface area contributed by atoms with Gasteiger partial charge in [0.25, 0.3) is 0 Å². The van der Waals surface area contributed by atoms with E-state index in [1.807, 2.05) is 18.2 Å². The number of hydrogen-bond donors (Lipinski definition) is 0. The maximum Gasteiger partial charge on any atom is 0.211 e. The molecule has 1 aromatic rings. The van der Waals surface area contributed by atoms with Crippen LogP contribution in [0.1, 0.15) is 24.0 Å². The number of rotatable bonds is 3. The normalized spacial score (nSPS) is 26.7. The summed E-state index contributed by atoms with van der Waals surface area (Å²) in [5.74, 6) is 0. The highest BCUT2D eigenvalue weighted by Crippen LogP contribution is 2.34. The standard InChI is InChI=1S/C15H19N3O2S/c1-21(19,20)18-8-6-14-15(18)5-7-17(14)11-13-4-2-3-12(9-13)10-16/h2-4,9,14-15H,5-8,11H2,1H3/t14-,15+/m1/s1. The first-order valence-electron chi connectivity index (χ1n) is 7.19. The Balaban J connectivity index is 1.73. The first kappa shape index (κ1) is 14.5. The molecule has 2 saturated heterocycles. The molecule has 2 aliphatic rings. The van der Waals surface area contributed by atoms with Crippen LogP contribution in [0.5, 0.6) is 0 Å². The molecule has 0 saturated carbocycles. The summed E-state index contributed by atoms with van der Waals surface area (Å²) >= 11 is 0. The van der Waals surface area contributed by atoms with E-state index in [0.717, 1.165) is 31.5 Å². The molecule has 0 aliphatic carbocycles. The minimum absolute atomic E-state index is 0.124. The Bertz CT molecular complexity index is 680. The zero-order chi connectivity index (χ0) is 15.0. The molecule has 0 aromatic heterocycles. The van der Waals surface area contributed by atoms with Gasteiger partial charge in [0.2, 0.25) is 10.0 Å². The lowest BCUT2D eigenvalue weighted by atomic mass is 10.1. The van der Waals surface area contributed by atoms with Crippen LogP contribution in [-0.2, 0) is 16.6 Å². The van der Waals surface area contributed by atoms with Crippen molar-refractivity contribution >= 4 is 10.0 Å². The van der Waals surface area contributed by atoms with Crippen LogP contribution in [0.25, 0.3) is 0 Å². The lowest BCUT2D eigenvalue weighted by Gasteiger charge is -2.24. The molecule has 2 atom stereocenters. The highest BCUT2D eigenvalue weighted by Gasteiger charge is 2.45. The summed E-state index contributed by atoms with van der Waals surface area (Å²) in [5, 5.41) is 8.96. The minimum atomic E-state index is -3.10. The number of nitrogens with zero attached hydrogens (tertiary/aromatic N) is 3. The van der Waals surface area contributed by atoms with Crippen molar-refractivity contribution in [2.75, 3.05) is 19.3 Å². The van der Waals surface area contributed by atoms with Crippen LogP contribution in [0.4, 0.5) is 0 Å². The van der Waals surface area contributed by atoms with Crippen LogP contribution in [0.3, 0.4) is 0 Å². The van der Waals surface area contributed by atoms with Gasteiger partial charge >= 0.3 is 0 Å². The van der Waals surface area contributed by atoms with Crippen LogP contribution >= 0.6 is 0 Å². The van der Waals surface area contributed by atoms with Gasteiger partial charge < -0.3 is 0 Å². The van der Waals surface area contributed by atoms with Crippen molar-refractivity contribution in [2.24, 2.45) is 0 Å². The topological polar surface area (TPSA) is 64.4 Å². The van der Waals surface area contributed by atoms with E-state index >= 15 is 0 Å².